The van der Waals surface area contributed by atoms with Crippen LogP contribution >= 0.6 is 0 Å². The highest BCUT2D eigenvalue weighted by atomic mass is 19.3. The molecule has 0 radical (unpaired) electrons. The predicted octanol–water partition coefficient (Wildman–Crippen LogP) is 2.64. The van der Waals surface area contributed by atoms with Crippen molar-refractivity contribution in [2.24, 2.45) is 5.92 Å². The number of hydrogen-bond acceptors (Lipinski definition) is 3. The molecule has 2 amide bonds. The highest BCUT2D eigenvalue weighted by Gasteiger charge is 2.53. The van der Waals surface area contributed by atoms with E-state index < -0.39 is 17.4 Å². The molecular formula is C16H24F2N2O3. The van der Waals surface area contributed by atoms with Gasteiger partial charge in [-0.15, -0.1) is 0 Å². The van der Waals surface area contributed by atoms with Gasteiger partial charge in [0.05, 0.1) is 0 Å². The maximum atomic E-state index is 13.0. The molecule has 0 aromatic carbocycles. The third-order valence-electron chi connectivity index (χ3n) is 4.83. The molecule has 0 N–H and O–H groups in total. The van der Waals surface area contributed by atoms with E-state index in [1.165, 1.54) is 0 Å². The number of carbonyl (C=O) groups excluding carboxylic acids is 2. The van der Waals surface area contributed by atoms with E-state index in [0.29, 0.717) is 13.1 Å². The predicted molar refractivity (Wildman–Crippen MR) is 79.1 cm³/mol. The minimum atomic E-state index is -2.68. The van der Waals surface area contributed by atoms with Crippen LogP contribution in [0.3, 0.4) is 0 Å². The second-order valence-corrected chi connectivity index (χ2v) is 7.98. The molecule has 2 aliphatic heterocycles. The summed E-state index contributed by atoms with van der Waals surface area (Å²) < 4.78 is 31.4. The fourth-order valence-electron chi connectivity index (χ4n) is 3.78. The van der Waals surface area contributed by atoms with Gasteiger partial charge in [-0.05, 0) is 33.6 Å². The summed E-state index contributed by atoms with van der Waals surface area (Å²) >= 11 is 0. The third kappa shape index (κ3) is 3.28. The van der Waals surface area contributed by atoms with E-state index in [0.717, 1.165) is 12.8 Å². The zero-order valence-corrected chi connectivity index (χ0v) is 13.8. The average Bonchev–Trinajstić information content (AvgIpc) is 2.63. The molecule has 2 unspecified atom stereocenters. The number of rotatable bonds is 1. The molecule has 130 valence electrons. The third-order valence-corrected chi connectivity index (χ3v) is 4.83. The smallest absolute Gasteiger partial charge is 0.410 e. The Morgan fingerprint density at radius 3 is 2.04 bits per heavy atom. The quantitative estimate of drug-likeness (QED) is 0.743. The molecule has 3 rings (SSSR count). The van der Waals surface area contributed by atoms with Gasteiger partial charge >= 0.3 is 6.09 Å². The topological polar surface area (TPSA) is 49.9 Å². The Bertz CT molecular complexity index is 496. The van der Waals surface area contributed by atoms with E-state index in [1.54, 1.807) is 9.80 Å². The Labute approximate surface area is 134 Å². The molecule has 3 fully saturated rings. The van der Waals surface area contributed by atoms with Gasteiger partial charge in [-0.25, -0.2) is 13.6 Å². The molecule has 1 aliphatic carbocycles. The van der Waals surface area contributed by atoms with Crippen LogP contribution in [0.1, 0.15) is 46.5 Å². The Kier molecular flexibility index (Phi) is 3.80. The van der Waals surface area contributed by atoms with Crippen LogP contribution in [0.2, 0.25) is 0 Å². The lowest BCUT2D eigenvalue weighted by atomic mass is 9.80. The van der Waals surface area contributed by atoms with E-state index in [9.17, 15) is 18.4 Å². The standard InChI is InChI=1S/C16H24F2N2O3/c1-15(2,3)23-14(22)19-8-11-4-5-12(9-19)20(11)13(21)10-6-16(17,18)7-10/h10-12H,4-9H2,1-3H3. The van der Waals surface area contributed by atoms with Crippen molar-refractivity contribution >= 4 is 12.0 Å². The first-order valence-electron chi connectivity index (χ1n) is 8.24. The molecule has 1 saturated carbocycles. The van der Waals surface area contributed by atoms with E-state index >= 15 is 0 Å². The van der Waals surface area contributed by atoms with E-state index in [2.05, 4.69) is 0 Å². The Hall–Kier alpha value is -1.40. The number of carbonyl (C=O) groups is 2. The van der Waals surface area contributed by atoms with Gasteiger partial charge in [0.1, 0.15) is 5.60 Å². The lowest BCUT2D eigenvalue weighted by Gasteiger charge is -2.45. The van der Waals surface area contributed by atoms with Crippen LogP contribution in [0.25, 0.3) is 0 Å². The van der Waals surface area contributed by atoms with Crippen molar-refractivity contribution in [3.63, 3.8) is 0 Å². The van der Waals surface area contributed by atoms with Crippen molar-refractivity contribution in [3.05, 3.63) is 0 Å². The highest BCUT2D eigenvalue weighted by Crippen LogP contribution is 2.45. The molecule has 7 heteroatoms. The molecule has 0 aromatic rings. The number of fused-ring (bicyclic) bond motifs is 2. The molecule has 2 saturated heterocycles. The summed E-state index contributed by atoms with van der Waals surface area (Å²) in [4.78, 5) is 28.1. The van der Waals surface area contributed by atoms with Crippen molar-refractivity contribution in [1.82, 2.24) is 9.80 Å². The van der Waals surface area contributed by atoms with Crippen molar-refractivity contribution < 1.29 is 23.1 Å². The SMILES string of the molecule is CC(C)(C)OC(=O)N1CC2CCC(C1)N2C(=O)C1CC(F)(F)C1. The van der Waals surface area contributed by atoms with Gasteiger partial charge in [-0.2, -0.15) is 0 Å². The van der Waals surface area contributed by atoms with Crippen LogP contribution in [0.4, 0.5) is 13.6 Å². The summed E-state index contributed by atoms with van der Waals surface area (Å²) in [6.45, 7) is 6.31. The van der Waals surface area contributed by atoms with Gasteiger partial charge in [-0.3, -0.25) is 4.79 Å². The van der Waals surface area contributed by atoms with Crippen molar-refractivity contribution in [3.8, 4) is 0 Å². The largest absolute Gasteiger partial charge is 0.444 e. The highest BCUT2D eigenvalue weighted by molar-refractivity contribution is 5.81. The molecule has 2 atom stereocenters. The molecule has 0 spiro atoms. The lowest BCUT2D eigenvalue weighted by Crippen LogP contribution is -2.60. The van der Waals surface area contributed by atoms with Crippen molar-refractivity contribution in [2.45, 2.75) is 70.1 Å². The zero-order valence-electron chi connectivity index (χ0n) is 13.8. The van der Waals surface area contributed by atoms with Crippen LogP contribution in [-0.2, 0) is 9.53 Å². The molecule has 23 heavy (non-hydrogen) atoms. The van der Waals surface area contributed by atoms with E-state index in [4.69, 9.17) is 4.74 Å². The molecule has 5 nitrogen and oxygen atoms in total. The van der Waals surface area contributed by atoms with Gasteiger partial charge in [0.15, 0.2) is 0 Å². The second kappa shape index (κ2) is 5.31. The van der Waals surface area contributed by atoms with Crippen LogP contribution in [0.15, 0.2) is 0 Å². The molecule has 2 heterocycles. The fourth-order valence-corrected chi connectivity index (χ4v) is 3.78. The molecular weight excluding hydrogens is 306 g/mol. The van der Waals surface area contributed by atoms with E-state index in [-0.39, 0.29) is 36.9 Å². The van der Waals surface area contributed by atoms with Gasteiger partial charge in [0, 0.05) is 43.9 Å². The number of likely N-dealkylation sites (tertiary alicyclic amines) is 1. The average molecular weight is 330 g/mol. The molecule has 2 bridgehead atoms. The van der Waals surface area contributed by atoms with E-state index in [1.807, 2.05) is 20.8 Å². The van der Waals surface area contributed by atoms with Crippen LogP contribution < -0.4 is 0 Å². The van der Waals surface area contributed by atoms with Crippen molar-refractivity contribution in [1.29, 1.82) is 0 Å². The Morgan fingerprint density at radius 2 is 1.61 bits per heavy atom. The normalized spacial score (nSPS) is 30.1. The minimum Gasteiger partial charge on any atom is -0.444 e. The summed E-state index contributed by atoms with van der Waals surface area (Å²) in [6, 6.07) is -0.133. The van der Waals surface area contributed by atoms with Gasteiger partial charge in [0.2, 0.25) is 11.8 Å². The lowest BCUT2D eigenvalue weighted by molar-refractivity contribution is -0.164. The number of hydrogen-bond donors (Lipinski definition) is 0. The summed E-state index contributed by atoms with van der Waals surface area (Å²) in [6.07, 6.45) is 0.601. The zero-order chi connectivity index (χ0) is 17.0. The number of alkyl halides is 2. The van der Waals surface area contributed by atoms with Crippen LogP contribution in [0, 0.1) is 5.92 Å². The van der Waals surface area contributed by atoms with Gasteiger partial charge in [-0.1, -0.05) is 0 Å². The van der Waals surface area contributed by atoms with Crippen molar-refractivity contribution in [2.75, 3.05) is 13.1 Å². The second-order valence-electron chi connectivity index (χ2n) is 7.98. The monoisotopic (exact) mass is 330 g/mol. The van der Waals surface area contributed by atoms with Crippen LogP contribution in [0.5, 0.6) is 0 Å². The number of piperazine rings is 1. The Morgan fingerprint density at radius 1 is 1.09 bits per heavy atom. The number of nitrogens with zero attached hydrogens (tertiary/aromatic N) is 2. The van der Waals surface area contributed by atoms with Gasteiger partial charge in [0.25, 0.3) is 0 Å². The number of halogens is 2. The molecule has 3 aliphatic rings. The number of ether oxygens (including phenoxy) is 1. The molecule has 0 aromatic heterocycles. The first-order chi connectivity index (χ1) is 10.6. The summed E-state index contributed by atoms with van der Waals surface area (Å²) in [7, 11) is 0. The Balaban J connectivity index is 1.61. The first-order valence-corrected chi connectivity index (χ1v) is 8.24. The number of amides is 2. The van der Waals surface area contributed by atoms with Crippen LogP contribution in [-0.4, -0.2) is 58.5 Å². The minimum absolute atomic E-state index is 0.0667. The fraction of sp³-hybridized carbons (Fsp3) is 0.875. The summed E-state index contributed by atoms with van der Waals surface area (Å²) in [5.74, 6) is -3.40. The summed E-state index contributed by atoms with van der Waals surface area (Å²) in [5.41, 5.74) is -0.555. The first kappa shape index (κ1) is 16.5. The summed E-state index contributed by atoms with van der Waals surface area (Å²) in [5, 5.41) is 0. The maximum absolute atomic E-state index is 13.0. The maximum Gasteiger partial charge on any atom is 0.410 e. The van der Waals surface area contributed by atoms with Gasteiger partial charge < -0.3 is 14.5 Å².